The predicted octanol–water partition coefficient (Wildman–Crippen LogP) is 7.97. The van der Waals surface area contributed by atoms with Crippen molar-refractivity contribution in [1.82, 2.24) is 0 Å². The van der Waals surface area contributed by atoms with E-state index in [1.54, 1.807) is 19.1 Å². The molecule has 0 radical (unpaired) electrons. The third-order valence-corrected chi connectivity index (χ3v) is 6.34. The second-order valence-electron chi connectivity index (χ2n) is 8.88. The molecular formula is C26H30F6O2. The summed E-state index contributed by atoms with van der Waals surface area (Å²) in [5.74, 6) is -9.02. The molecule has 0 bridgehead atoms. The quantitative estimate of drug-likeness (QED) is 0.316. The van der Waals surface area contributed by atoms with E-state index in [0.29, 0.717) is 49.7 Å². The minimum absolute atomic E-state index is 0.128. The minimum Gasteiger partial charge on any atom is -0.491 e. The monoisotopic (exact) mass is 488 g/mol. The van der Waals surface area contributed by atoms with Gasteiger partial charge in [0.1, 0.15) is 0 Å². The third-order valence-electron chi connectivity index (χ3n) is 6.34. The van der Waals surface area contributed by atoms with E-state index in [1.807, 2.05) is 6.92 Å². The van der Waals surface area contributed by atoms with Crippen LogP contribution in [0.5, 0.6) is 11.5 Å². The van der Waals surface area contributed by atoms with Crippen LogP contribution in [0.4, 0.5) is 26.3 Å². The van der Waals surface area contributed by atoms with Gasteiger partial charge in [-0.15, -0.1) is 0 Å². The van der Waals surface area contributed by atoms with Gasteiger partial charge in [0.2, 0.25) is 11.6 Å². The van der Waals surface area contributed by atoms with Gasteiger partial charge >= 0.3 is 0 Å². The van der Waals surface area contributed by atoms with Crippen LogP contribution in [-0.4, -0.2) is 19.1 Å². The summed E-state index contributed by atoms with van der Waals surface area (Å²) >= 11 is 0. The van der Waals surface area contributed by atoms with Crippen LogP contribution in [-0.2, 0) is 6.42 Å². The Morgan fingerprint density at radius 3 is 2.00 bits per heavy atom. The molecule has 188 valence electrons. The van der Waals surface area contributed by atoms with E-state index < -0.39 is 48.0 Å². The molecule has 0 spiro atoms. The highest BCUT2D eigenvalue weighted by Crippen LogP contribution is 2.41. The van der Waals surface area contributed by atoms with Crippen LogP contribution < -0.4 is 9.47 Å². The molecule has 1 fully saturated rings. The first kappa shape index (κ1) is 26.2. The zero-order chi connectivity index (χ0) is 24.9. The van der Waals surface area contributed by atoms with E-state index in [-0.39, 0.29) is 24.2 Å². The molecule has 0 amide bonds. The van der Waals surface area contributed by atoms with Gasteiger partial charge < -0.3 is 9.47 Å². The van der Waals surface area contributed by atoms with Crippen LogP contribution in [0.25, 0.3) is 0 Å². The summed E-state index contributed by atoms with van der Waals surface area (Å²) in [5, 5.41) is 0. The second kappa shape index (κ2) is 11.4. The number of hydrogen-bond acceptors (Lipinski definition) is 2. The molecule has 8 heteroatoms. The van der Waals surface area contributed by atoms with Crippen molar-refractivity contribution in [1.29, 1.82) is 0 Å². The van der Waals surface area contributed by atoms with Crippen LogP contribution in [0, 0.1) is 29.2 Å². The predicted molar refractivity (Wildman–Crippen MR) is 118 cm³/mol. The Morgan fingerprint density at radius 2 is 1.41 bits per heavy atom. The van der Waals surface area contributed by atoms with E-state index in [4.69, 9.17) is 9.47 Å². The number of alkyl halides is 2. The zero-order valence-corrected chi connectivity index (χ0v) is 19.4. The Labute approximate surface area is 196 Å². The van der Waals surface area contributed by atoms with Gasteiger partial charge in [-0.05, 0) is 74.1 Å². The molecule has 2 nitrogen and oxygen atoms in total. The molecule has 0 saturated heterocycles. The summed E-state index contributed by atoms with van der Waals surface area (Å²) in [6.07, 6.45) is 2.51. The number of hydrogen-bond donors (Lipinski definition) is 0. The molecule has 2 aromatic carbocycles. The van der Waals surface area contributed by atoms with Gasteiger partial charge in [-0.2, -0.15) is 8.78 Å². The molecule has 0 unspecified atom stereocenters. The summed E-state index contributed by atoms with van der Waals surface area (Å²) in [7, 11) is 0. The van der Waals surface area contributed by atoms with Crippen molar-refractivity contribution >= 4 is 0 Å². The van der Waals surface area contributed by atoms with Gasteiger partial charge in [-0.1, -0.05) is 25.5 Å². The fourth-order valence-corrected chi connectivity index (χ4v) is 4.62. The van der Waals surface area contributed by atoms with Crippen molar-refractivity contribution in [2.45, 2.75) is 70.6 Å². The van der Waals surface area contributed by atoms with Gasteiger partial charge in [0.15, 0.2) is 29.7 Å². The second-order valence-corrected chi connectivity index (χ2v) is 8.88. The highest BCUT2D eigenvalue weighted by Gasteiger charge is 2.36. The van der Waals surface area contributed by atoms with Crippen LogP contribution in [0.15, 0.2) is 24.3 Å². The number of aryl methyl sites for hydroxylation is 1. The highest BCUT2D eigenvalue weighted by atomic mass is 19.3. The standard InChI is InChI=1S/C26H30F6O2/c1-3-5-18-10-11-19(23(28)22(18)27)17-8-6-16(7-9-17)14-26(31,32)15-34-21-13-12-20(33-4-2)24(29)25(21)30/h10-13,16-17H,3-9,14-15H2,1-2H3. The summed E-state index contributed by atoms with van der Waals surface area (Å²) in [5.41, 5.74) is 0.653. The molecule has 0 aliphatic heterocycles. The molecule has 3 rings (SSSR count). The van der Waals surface area contributed by atoms with E-state index in [9.17, 15) is 26.3 Å². The average Bonchev–Trinajstić information content (AvgIpc) is 2.80. The maximum atomic E-state index is 14.6. The Kier molecular flexibility index (Phi) is 8.77. The summed E-state index contributed by atoms with van der Waals surface area (Å²) in [4.78, 5) is 0. The Balaban J connectivity index is 1.55. The number of benzene rings is 2. The van der Waals surface area contributed by atoms with Crippen LogP contribution in [0.3, 0.4) is 0 Å². The van der Waals surface area contributed by atoms with Crippen molar-refractivity contribution in [2.75, 3.05) is 13.2 Å². The molecule has 2 aromatic rings. The SMILES string of the molecule is CCCc1ccc(C2CCC(CC(F)(F)COc3ccc(OCC)c(F)c3F)CC2)c(F)c1F. The summed E-state index contributed by atoms with van der Waals surface area (Å²) < 4.78 is 95.7. The Hall–Kier alpha value is -2.38. The molecule has 1 aliphatic carbocycles. The summed E-state index contributed by atoms with van der Waals surface area (Å²) in [6.45, 7) is 2.53. The zero-order valence-electron chi connectivity index (χ0n) is 19.4. The Morgan fingerprint density at radius 1 is 0.794 bits per heavy atom. The van der Waals surface area contributed by atoms with E-state index in [2.05, 4.69) is 0 Å². The number of rotatable bonds is 10. The fourth-order valence-electron chi connectivity index (χ4n) is 4.62. The van der Waals surface area contributed by atoms with Crippen molar-refractivity contribution in [3.8, 4) is 11.5 Å². The first-order valence-electron chi connectivity index (χ1n) is 11.7. The highest BCUT2D eigenvalue weighted by molar-refractivity contribution is 5.35. The Bertz CT molecular complexity index is 970. The third kappa shape index (κ3) is 6.19. The molecule has 1 aliphatic rings. The lowest BCUT2D eigenvalue weighted by molar-refractivity contribution is -0.0641. The van der Waals surface area contributed by atoms with Gasteiger partial charge in [-0.25, -0.2) is 17.6 Å². The van der Waals surface area contributed by atoms with E-state index >= 15 is 0 Å². The lowest BCUT2D eigenvalue weighted by atomic mass is 9.76. The molecule has 1 saturated carbocycles. The summed E-state index contributed by atoms with van der Waals surface area (Å²) in [6, 6.07) is 5.41. The maximum Gasteiger partial charge on any atom is 0.281 e. The van der Waals surface area contributed by atoms with Gasteiger partial charge in [0.25, 0.3) is 5.92 Å². The lowest BCUT2D eigenvalue weighted by Gasteiger charge is -2.31. The van der Waals surface area contributed by atoms with Gasteiger partial charge in [-0.3, -0.25) is 0 Å². The largest absolute Gasteiger partial charge is 0.491 e. The minimum atomic E-state index is -3.25. The average molecular weight is 489 g/mol. The van der Waals surface area contributed by atoms with Crippen LogP contribution in [0.2, 0.25) is 0 Å². The molecule has 0 heterocycles. The fraction of sp³-hybridized carbons (Fsp3) is 0.538. The van der Waals surface area contributed by atoms with E-state index in [0.717, 1.165) is 12.1 Å². The van der Waals surface area contributed by atoms with Crippen molar-refractivity contribution < 1.29 is 35.8 Å². The molecule has 34 heavy (non-hydrogen) atoms. The van der Waals surface area contributed by atoms with Gasteiger partial charge in [0, 0.05) is 6.42 Å². The molecule has 0 N–H and O–H groups in total. The smallest absolute Gasteiger partial charge is 0.281 e. The molecular weight excluding hydrogens is 458 g/mol. The van der Waals surface area contributed by atoms with Crippen molar-refractivity contribution in [3.05, 3.63) is 58.7 Å². The first-order chi connectivity index (χ1) is 16.2. The van der Waals surface area contributed by atoms with Crippen LogP contribution in [0.1, 0.15) is 69.4 Å². The van der Waals surface area contributed by atoms with Crippen molar-refractivity contribution in [3.63, 3.8) is 0 Å². The number of ether oxygens (including phenoxy) is 2. The first-order valence-corrected chi connectivity index (χ1v) is 11.7. The normalized spacial score (nSPS) is 18.7. The maximum absolute atomic E-state index is 14.6. The molecule has 0 aromatic heterocycles. The molecule has 0 atom stereocenters. The van der Waals surface area contributed by atoms with Crippen molar-refractivity contribution in [2.24, 2.45) is 5.92 Å². The van der Waals surface area contributed by atoms with E-state index in [1.165, 1.54) is 0 Å². The van der Waals surface area contributed by atoms with Gasteiger partial charge in [0.05, 0.1) is 6.61 Å². The topological polar surface area (TPSA) is 18.5 Å². The lowest BCUT2D eigenvalue weighted by Crippen LogP contribution is -2.30. The number of halogens is 6. The van der Waals surface area contributed by atoms with Crippen LogP contribution >= 0.6 is 0 Å².